The maximum absolute atomic E-state index is 11.3. The third kappa shape index (κ3) is 7.98. The van der Waals surface area contributed by atoms with Crippen molar-refractivity contribution in [3.05, 3.63) is 0 Å². The Hall–Kier alpha value is -0.220. The van der Waals surface area contributed by atoms with Crippen molar-refractivity contribution in [1.82, 2.24) is 5.32 Å². The summed E-state index contributed by atoms with van der Waals surface area (Å²) in [5.74, 6) is 2.02. The number of carbonyl (C=O) groups is 1. The number of piperidine rings is 1. The summed E-state index contributed by atoms with van der Waals surface area (Å²) in [4.78, 5) is 11.3. The lowest BCUT2D eigenvalue weighted by Gasteiger charge is -2.23. The van der Waals surface area contributed by atoms with Gasteiger partial charge in [-0.25, -0.2) is 0 Å². The summed E-state index contributed by atoms with van der Waals surface area (Å²) in [5.41, 5.74) is 0. The van der Waals surface area contributed by atoms with Crippen molar-refractivity contribution >= 4 is 17.7 Å². The van der Waals surface area contributed by atoms with Gasteiger partial charge in [0.15, 0.2) is 0 Å². The molecule has 1 aliphatic heterocycles. The summed E-state index contributed by atoms with van der Waals surface area (Å²) >= 11 is 1.87. The van der Waals surface area contributed by atoms with Gasteiger partial charge >= 0.3 is 5.97 Å². The minimum absolute atomic E-state index is 0.0354. The van der Waals surface area contributed by atoms with Gasteiger partial charge in [-0.2, -0.15) is 11.8 Å². The van der Waals surface area contributed by atoms with Crippen LogP contribution < -0.4 is 5.32 Å². The number of nitrogens with one attached hydrogen (secondary N) is 1. The molecule has 0 aromatic carbocycles. The molecule has 1 fully saturated rings. The molecule has 1 saturated heterocycles. The smallest absolute Gasteiger partial charge is 0.306 e. The molecule has 1 atom stereocenters. The monoisotopic (exact) mass is 273 g/mol. The molecule has 0 radical (unpaired) electrons. The zero-order valence-corrected chi connectivity index (χ0v) is 12.4. The third-order valence-corrected chi connectivity index (χ3v) is 4.25. The zero-order valence-electron chi connectivity index (χ0n) is 11.6. The van der Waals surface area contributed by atoms with Crippen molar-refractivity contribution in [1.29, 1.82) is 0 Å². The molecule has 4 heteroatoms. The lowest BCUT2D eigenvalue weighted by molar-refractivity contribution is -0.143. The predicted molar refractivity (Wildman–Crippen MR) is 78.1 cm³/mol. The Labute approximate surface area is 115 Å². The molecule has 0 bridgehead atoms. The van der Waals surface area contributed by atoms with Crippen molar-refractivity contribution in [2.24, 2.45) is 0 Å². The fourth-order valence-electron chi connectivity index (χ4n) is 2.06. The topological polar surface area (TPSA) is 38.3 Å². The Morgan fingerprint density at radius 1 is 1.39 bits per heavy atom. The van der Waals surface area contributed by atoms with Crippen LogP contribution in [0.4, 0.5) is 0 Å². The highest BCUT2D eigenvalue weighted by atomic mass is 32.2. The molecule has 0 aliphatic carbocycles. The normalized spacial score (nSPS) is 19.7. The Morgan fingerprint density at radius 2 is 2.28 bits per heavy atom. The highest BCUT2D eigenvalue weighted by Gasteiger charge is 2.11. The van der Waals surface area contributed by atoms with Crippen LogP contribution in [-0.2, 0) is 9.53 Å². The van der Waals surface area contributed by atoms with Gasteiger partial charge in [0.05, 0.1) is 13.0 Å². The van der Waals surface area contributed by atoms with Crippen molar-refractivity contribution in [2.45, 2.75) is 57.9 Å². The number of ether oxygens (including phenoxy) is 1. The van der Waals surface area contributed by atoms with Gasteiger partial charge in [0.25, 0.3) is 0 Å². The molecule has 18 heavy (non-hydrogen) atoms. The number of thioether (sulfide) groups is 1. The van der Waals surface area contributed by atoms with E-state index in [2.05, 4.69) is 12.2 Å². The summed E-state index contributed by atoms with van der Waals surface area (Å²) in [6.07, 6.45) is 7.86. The first-order valence-corrected chi connectivity index (χ1v) is 8.45. The molecule has 1 rings (SSSR count). The van der Waals surface area contributed by atoms with Crippen LogP contribution in [0.3, 0.4) is 0 Å². The maximum Gasteiger partial charge on any atom is 0.306 e. The average molecular weight is 273 g/mol. The number of hydrogen-bond donors (Lipinski definition) is 1. The first-order chi connectivity index (χ1) is 8.83. The Kier molecular flexibility index (Phi) is 9.40. The molecule has 0 amide bonds. The molecule has 1 N–H and O–H groups in total. The zero-order chi connectivity index (χ0) is 13.1. The van der Waals surface area contributed by atoms with Crippen LogP contribution in [-0.4, -0.2) is 36.7 Å². The maximum atomic E-state index is 11.3. The van der Waals surface area contributed by atoms with Gasteiger partial charge in [-0.15, -0.1) is 0 Å². The molecule has 0 spiro atoms. The van der Waals surface area contributed by atoms with E-state index in [9.17, 15) is 4.79 Å². The van der Waals surface area contributed by atoms with Gasteiger partial charge in [0.2, 0.25) is 0 Å². The van der Waals surface area contributed by atoms with Crippen LogP contribution in [0.25, 0.3) is 0 Å². The highest BCUT2D eigenvalue weighted by Crippen LogP contribution is 2.14. The second kappa shape index (κ2) is 10.7. The molecular formula is C14H27NO2S. The van der Waals surface area contributed by atoms with E-state index in [1.54, 1.807) is 0 Å². The molecule has 3 nitrogen and oxygen atoms in total. The standard InChI is InChI=1S/C14H27NO2S/c1-2-3-10-17-14(16)8-12-18-11-7-13-6-4-5-9-15-13/h13,15H,2-12H2,1H3. The van der Waals surface area contributed by atoms with E-state index < -0.39 is 0 Å². The fraction of sp³-hybridized carbons (Fsp3) is 0.929. The lowest BCUT2D eigenvalue weighted by atomic mass is 10.0. The van der Waals surface area contributed by atoms with Gasteiger partial charge in [-0.1, -0.05) is 19.8 Å². The first kappa shape index (κ1) is 15.8. The molecule has 1 unspecified atom stereocenters. The molecule has 1 aliphatic rings. The third-order valence-electron chi connectivity index (χ3n) is 3.23. The van der Waals surface area contributed by atoms with Crippen molar-refractivity contribution in [2.75, 3.05) is 24.7 Å². The minimum Gasteiger partial charge on any atom is -0.466 e. The van der Waals surface area contributed by atoms with E-state index in [-0.39, 0.29) is 5.97 Å². The van der Waals surface area contributed by atoms with Crippen molar-refractivity contribution in [3.8, 4) is 0 Å². The first-order valence-electron chi connectivity index (χ1n) is 7.29. The quantitative estimate of drug-likeness (QED) is 0.518. The number of carbonyl (C=O) groups excluding carboxylic acids is 1. The van der Waals surface area contributed by atoms with Crippen LogP contribution in [0.15, 0.2) is 0 Å². The molecule has 106 valence electrons. The summed E-state index contributed by atoms with van der Waals surface area (Å²) in [7, 11) is 0. The SMILES string of the molecule is CCCCOC(=O)CCSCCC1CCCCN1. The second-order valence-corrected chi connectivity index (χ2v) is 6.10. The number of hydrogen-bond acceptors (Lipinski definition) is 4. The Balaban J connectivity index is 1.86. The van der Waals surface area contributed by atoms with Crippen LogP contribution in [0.5, 0.6) is 0 Å². The number of unbranched alkanes of at least 4 members (excludes halogenated alkanes) is 1. The van der Waals surface area contributed by atoms with Gasteiger partial charge in [-0.05, 0) is 38.0 Å². The van der Waals surface area contributed by atoms with Crippen molar-refractivity contribution in [3.63, 3.8) is 0 Å². The molecular weight excluding hydrogens is 246 g/mol. The molecule has 0 aromatic heterocycles. The highest BCUT2D eigenvalue weighted by molar-refractivity contribution is 7.99. The van der Waals surface area contributed by atoms with Gasteiger partial charge in [-0.3, -0.25) is 4.79 Å². The minimum atomic E-state index is -0.0354. The van der Waals surface area contributed by atoms with Gasteiger partial charge in [0.1, 0.15) is 0 Å². The molecule has 1 heterocycles. The summed E-state index contributed by atoms with van der Waals surface area (Å²) in [5, 5.41) is 3.55. The lowest BCUT2D eigenvalue weighted by Crippen LogP contribution is -2.34. The average Bonchev–Trinajstić information content (AvgIpc) is 2.40. The Bertz CT molecular complexity index is 218. The van der Waals surface area contributed by atoms with E-state index >= 15 is 0 Å². The van der Waals surface area contributed by atoms with E-state index in [4.69, 9.17) is 4.74 Å². The predicted octanol–water partition coefficient (Wildman–Crippen LogP) is 2.99. The Morgan fingerprint density at radius 3 is 3.00 bits per heavy atom. The molecule has 0 saturated carbocycles. The van der Waals surface area contributed by atoms with E-state index in [1.165, 1.54) is 32.2 Å². The number of rotatable bonds is 9. The fourth-order valence-corrected chi connectivity index (χ4v) is 3.02. The van der Waals surface area contributed by atoms with E-state index in [0.29, 0.717) is 19.1 Å². The van der Waals surface area contributed by atoms with Crippen LogP contribution in [0.1, 0.15) is 51.9 Å². The van der Waals surface area contributed by atoms with Crippen LogP contribution >= 0.6 is 11.8 Å². The second-order valence-electron chi connectivity index (χ2n) is 4.87. The van der Waals surface area contributed by atoms with E-state index in [1.807, 2.05) is 11.8 Å². The summed E-state index contributed by atoms with van der Waals surface area (Å²) < 4.78 is 5.11. The van der Waals surface area contributed by atoms with Gasteiger partial charge < -0.3 is 10.1 Å². The summed E-state index contributed by atoms with van der Waals surface area (Å²) in [6, 6.07) is 0.711. The largest absolute Gasteiger partial charge is 0.466 e. The van der Waals surface area contributed by atoms with E-state index in [0.717, 1.165) is 24.3 Å². The molecule has 0 aromatic rings. The van der Waals surface area contributed by atoms with Crippen LogP contribution in [0, 0.1) is 0 Å². The summed E-state index contributed by atoms with van der Waals surface area (Å²) in [6.45, 7) is 3.87. The van der Waals surface area contributed by atoms with Gasteiger partial charge in [0, 0.05) is 11.8 Å². The van der Waals surface area contributed by atoms with Crippen molar-refractivity contribution < 1.29 is 9.53 Å². The van der Waals surface area contributed by atoms with Crippen LogP contribution in [0.2, 0.25) is 0 Å². The number of esters is 1.